The number of hydrogen-bond acceptors (Lipinski definition) is 3. The molecule has 0 radical (unpaired) electrons. The second kappa shape index (κ2) is 5.55. The third kappa shape index (κ3) is 2.95. The average molecular weight is 278 g/mol. The summed E-state index contributed by atoms with van der Waals surface area (Å²) in [6, 6.07) is 7.39. The fourth-order valence-electron chi connectivity index (χ4n) is 2.67. The summed E-state index contributed by atoms with van der Waals surface area (Å²) < 4.78 is 0. The molecule has 0 aliphatic heterocycles. The second-order valence-electron chi connectivity index (χ2n) is 5.68. The fourth-order valence-corrected chi connectivity index (χ4v) is 2.82. The van der Waals surface area contributed by atoms with Gasteiger partial charge in [-0.15, -0.1) is 12.6 Å². The molecule has 1 fully saturated rings. The molecule has 104 valence electrons. The summed E-state index contributed by atoms with van der Waals surface area (Å²) in [4.78, 5) is 17.4. The molecule has 0 unspecified atom stereocenters. The summed E-state index contributed by atoms with van der Waals surface area (Å²) in [5.41, 5.74) is 0.905. The molecule has 1 aliphatic carbocycles. The van der Waals surface area contributed by atoms with Crippen LogP contribution in [0.5, 0.6) is 0 Å². The largest absolute Gasteiger partial charge is 0.340 e. The number of nitrogens with zero attached hydrogens (tertiary/aromatic N) is 2. The molecule has 0 spiro atoms. The Hall–Kier alpha value is -1.00. The minimum Gasteiger partial charge on any atom is -0.340 e. The third-order valence-corrected chi connectivity index (χ3v) is 4.52. The van der Waals surface area contributed by atoms with Crippen LogP contribution in [0.15, 0.2) is 29.2 Å². The lowest BCUT2D eigenvalue weighted by atomic mass is 9.75. The van der Waals surface area contributed by atoms with Crippen molar-refractivity contribution >= 4 is 18.5 Å². The zero-order valence-electron chi connectivity index (χ0n) is 11.9. The third-order valence-electron chi connectivity index (χ3n) is 4.23. The van der Waals surface area contributed by atoms with Gasteiger partial charge >= 0.3 is 0 Å². The maximum atomic E-state index is 12.4. The molecule has 4 heteroatoms. The molecule has 0 saturated heterocycles. The van der Waals surface area contributed by atoms with Crippen molar-refractivity contribution in [2.45, 2.75) is 29.7 Å². The number of hydrogen-bond donors (Lipinski definition) is 1. The molecule has 0 heterocycles. The van der Waals surface area contributed by atoms with Crippen LogP contribution in [0.1, 0.15) is 29.6 Å². The Bertz CT molecular complexity index is 452. The van der Waals surface area contributed by atoms with Crippen molar-refractivity contribution < 1.29 is 4.79 Å². The van der Waals surface area contributed by atoms with Gasteiger partial charge in [0.15, 0.2) is 0 Å². The van der Waals surface area contributed by atoms with Crippen molar-refractivity contribution in [3.8, 4) is 0 Å². The Kier molecular flexibility index (Phi) is 4.21. The van der Waals surface area contributed by atoms with Crippen molar-refractivity contribution in [1.82, 2.24) is 9.80 Å². The van der Waals surface area contributed by atoms with E-state index in [0.29, 0.717) is 0 Å². The normalized spacial score (nSPS) is 17.1. The van der Waals surface area contributed by atoms with Crippen molar-refractivity contribution in [2.75, 3.05) is 27.7 Å². The van der Waals surface area contributed by atoms with Gasteiger partial charge < -0.3 is 9.80 Å². The van der Waals surface area contributed by atoms with E-state index in [1.807, 2.05) is 36.2 Å². The summed E-state index contributed by atoms with van der Waals surface area (Å²) in [6.07, 6.45) is 3.61. The topological polar surface area (TPSA) is 23.6 Å². The SMILES string of the molecule is CN(CC1(N(C)C)CCC1)C(=O)c1ccc(S)cc1. The van der Waals surface area contributed by atoms with Gasteiger partial charge in [-0.3, -0.25) is 4.79 Å². The zero-order chi connectivity index (χ0) is 14.0. The Morgan fingerprint density at radius 3 is 2.21 bits per heavy atom. The van der Waals surface area contributed by atoms with E-state index in [9.17, 15) is 4.79 Å². The lowest BCUT2D eigenvalue weighted by Crippen LogP contribution is -2.57. The number of rotatable bonds is 4. The van der Waals surface area contributed by atoms with Crippen LogP contribution in [-0.2, 0) is 0 Å². The van der Waals surface area contributed by atoms with Crippen LogP contribution in [0.2, 0.25) is 0 Å². The number of thiol groups is 1. The Morgan fingerprint density at radius 1 is 1.21 bits per heavy atom. The first-order chi connectivity index (χ1) is 8.94. The first-order valence-electron chi connectivity index (χ1n) is 6.66. The van der Waals surface area contributed by atoms with E-state index in [-0.39, 0.29) is 11.4 Å². The number of amides is 1. The second-order valence-corrected chi connectivity index (χ2v) is 6.20. The maximum Gasteiger partial charge on any atom is 0.253 e. The average Bonchev–Trinajstić information content (AvgIpc) is 2.33. The van der Waals surface area contributed by atoms with E-state index < -0.39 is 0 Å². The molecule has 1 aromatic carbocycles. The first-order valence-corrected chi connectivity index (χ1v) is 7.11. The molecular formula is C15H22N2OS. The van der Waals surface area contributed by atoms with Crippen LogP contribution >= 0.6 is 12.6 Å². The summed E-state index contributed by atoms with van der Waals surface area (Å²) >= 11 is 4.24. The summed E-state index contributed by atoms with van der Waals surface area (Å²) in [6.45, 7) is 0.793. The molecular weight excluding hydrogens is 256 g/mol. The Morgan fingerprint density at radius 2 is 1.79 bits per heavy atom. The van der Waals surface area contributed by atoms with Crippen molar-refractivity contribution in [3.05, 3.63) is 29.8 Å². The molecule has 0 N–H and O–H groups in total. The number of likely N-dealkylation sites (N-methyl/N-ethyl adjacent to an activating group) is 2. The molecule has 0 atom stereocenters. The minimum atomic E-state index is 0.0847. The molecule has 3 nitrogen and oxygen atoms in total. The lowest BCUT2D eigenvalue weighted by Gasteiger charge is -2.49. The van der Waals surface area contributed by atoms with E-state index in [4.69, 9.17) is 0 Å². The van der Waals surface area contributed by atoms with E-state index in [0.717, 1.165) is 17.0 Å². The molecule has 1 aliphatic rings. The molecule has 1 amide bonds. The van der Waals surface area contributed by atoms with Gasteiger partial charge in [0.25, 0.3) is 5.91 Å². The number of carbonyl (C=O) groups is 1. The van der Waals surface area contributed by atoms with Crippen LogP contribution in [0, 0.1) is 0 Å². The van der Waals surface area contributed by atoms with Crippen molar-refractivity contribution in [1.29, 1.82) is 0 Å². The van der Waals surface area contributed by atoms with Crippen LogP contribution in [0.25, 0.3) is 0 Å². The van der Waals surface area contributed by atoms with E-state index >= 15 is 0 Å². The van der Waals surface area contributed by atoms with Crippen LogP contribution in [-0.4, -0.2) is 48.9 Å². The molecule has 1 saturated carbocycles. The highest BCUT2D eigenvalue weighted by Gasteiger charge is 2.40. The predicted octanol–water partition coefficient (Wildman–Crippen LogP) is 2.53. The lowest BCUT2D eigenvalue weighted by molar-refractivity contribution is 0.0252. The van der Waals surface area contributed by atoms with Crippen LogP contribution < -0.4 is 0 Å². The summed E-state index contributed by atoms with van der Waals surface area (Å²) in [7, 11) is 6.10. The van der Waals surface area contributed by atoms with Gasteiger partial charge in [0.05, 0.1) is 0 Å². The Balaban J connectivity index is 2.05. The highest BCUT2D eigenvalue weighted by atomic mass is 32.1. The molecule has 2 rings (SSSR count). The summed E-state index contributed by atoms with van der Waals surface area (Å²) in [5.74, 6) is 0.0847. The van der Waals surface area contributed by atoms with Gasteiger partial charge in [-0.05, 0) is 57.6 Å². The van der Waals surface area contributed by atoms with Gasteiger partial charge in [0.2, 0.25) is 0 Å². The molecule has 0 bridgehead atoms. The smallest absolute Gasteiger partial charge is 0.253 e. The van der Waals surface area contributed by atoms with Gasteiger partial charge in [-0.25, -0.2) is 0 Å². The number of carbonyl (C=O) groups excluding carboxylic acids is 1. The first kappa shape index (κ1) is 14.4. The maximum absolute atomic E-state index is 12.4. The zero-order valence-corrected chi connectivity index (χ0v) is 12.8. The standard InChI is InChI=1S/C15H22N2OS/c1-16(2)15(9-4-10-15)11-17(3)14(18)12-5-7-13(19)8-6-12/h5-8,19H,4,9-11H2,1-3H3. The highest BCUT2D eigenvalue weighted by molar-refractivity contribution is 7.80. The van der Waals surface area contributed by atoms with Gasteiger partial charge in [0.1, 0.15) is 0 Å². The van der Waals surface area contributed by atoms with Crippen LogP contribution in [0.4, 0.5) is 0 Å². The summed E-state index contributed by atoms with van der Waals surface area (Å²) in [5, 5.41) is 0. The Labute approximate surface area is 121 Å². The minimum absolute atomic E-state index is 0.0847. The molecule has 1 aromatic rings. The fraction of sp³-hybridized carbons (Fsp3) is 0.533. The van der Waals surface area contributed by atoms with E-state index in [1.165, 1.54) is 19.3 Å². The van der Waals surface area contributed by atoms with Crippen molar-refractivity contribution in [3.63, 3.8) is 0 Å². The van der Waals surface area contributed by atoms with E-state index in [1.54, 1.807) is 0 Å². The van der Waals surface area contributed by atoms with Gasteiger partial charge in [0, 0.05) is 29.6 Å². The quantitative estimate of drug-likeness (QED) is 0.856. The van der Waals surface area contributed by atoms with Crippen LogP contribution in [0.3, 0.4) is 0 Å². The monoisotopic (exact) mass is 278 g/mol. The van der Waals surface area contributed by atoms with E-state index in [2.05, 4.69) is 31.6 Å². The molecule has 0 aromatic heterocycles. The van der Waals surface area contributed by atoms with Gasteiger partial charge in [-0.1, -0.05) is 0 Å². The van der Waals surface area contributed by atoms with Crippen molar-refractivity contribution in [2.24, 2.45) is 0 Å². The highest BCUT2D eigenvalue weighted by Crippen LogP contribution is 2.36. The number of benzene rings is 1. The van der Waals surface area contributed by atoms with Gasteiger partial charge in [-0.2, -0.15) is 0 Å². The predicted molar refractivity (Wildman–Crippen MR) is 80.9 cm³/mol. The molecule has 19 heavy (non-hydrogen) atoms.